The molecule has 0 N–H and O–H groups in total. The number of nitrogens with zero attached hydrogens (tertiary/aromatic N) is 3. The third-order valence-corrected chi connectivity index (χ3v) is 7.21. The Labute approximate surface area is 166 Å². The Bertz CT molecular complexity index is 760. The van der Waals surface area contributed by atoms with Gasteiger partial charge in [-0.2, -0.15) is 0 Å². The minimum absolute atomic E-state index is 0.204. The summed E-state index contributed by atoms with van der Waals surface area (Å²) in [7, 11) is 0. The van der Waals surface area contributed by atoms with Gasteiger partial charge in [-0.05, 0) is 18.9 Å². The predicted molar refractivity (Wildman–Crippen MR) is 105 cm³/mol. The quantitative estimate of drug-likeness (QED) is 0.746. The van der Waals surface area contributed by atoms with Crippen LogP contribution in [0, 0.1) is 0 Å². The fourth-order valence-corrected chi connectivity index (χ4v) is 5.17. The smallest absolute Gasteiger partial charge is 0.339 e. The molecule has 3 heterocycles. The lowest BCUT2D eigenvalue weighted by Gasteiger charge is -2.43. The number of carbonyl (C=O) groups excluding carboxylic acids is 2. The third kappa shape index (κ3) is 3.12. The van der Waals surface area contributed by atoms with E-state index in [1.807, 2.05) is 29.2 Å². The minimum Gasteiger partial charge on any atom is -0.450 e. The fourth-order valence-electron chi connectivity index (χ4n) is 5.17. The van der Waals surface area contributed by atoms with Gasteiger partial charge < -0.3 is 9.64 Å². The first-order valence-electron chi connectivity index (χ1n) is 10.7. The second-order valence-electron chi connectivity index (χ2n) is 8.71. The normalized spacial score (nSPS) is 25.4. The second kappa shape index (κ2) is 7.16. The molecule has 4 aliphatic rings. The van der Waals surface area contributed by atoms with E-state index in [4.69, 9.17) is 4.74 Å². The second-order valence-corrected chi connectivity index (χ2v) is 8.71. The number of ether oxygens (including phenoxy) is 1. The van der Waals surface area contributed by atoms with Crippen LogP contribution in [0.5, 0.6) is 0 Å². The van der Waals surface area contributed by atoms with Crippen LogP contribution in [-0.4, -0.2) is 78.4 Å². The highest BCUT2D eigenvalue weighted by atomic mass is 16.6. The van der Waals surface area contributed by atoms with E-state index in [1.54, 1.807) is 0 Å². The monoisotopic (exact) mass is 383 g/mol. The van der Waals surface area contributed by atoms with Crippen molar-refractivity contribution >= 4 is 11.9 Å². The number of benzene rings is 1. The average Bonchev–Trinajstić information content (AvgIpc) is 2.95. The lowest BCUT2D eigenvalue weighted by Crippen LogP contribution is -2.55. The number of fused-ring (bicyclic) bond motifs is 2. The lowest BCUT2D eigenvalue weighted by atomic mass is 9.84. The SMILES string of the molecule is O=C1OC2(CCN(CC(=O)N3CCN(C4CCC4)CC3)CC2)c2ccccc21. The van der Waals surface area contributed by atoms with Crippen molar-refractivity contribution in [3.63, 3.8) is 0 Å². The van der Waals surface area contributed by atoms with Crippen LogP contribution in [0.1, 0.15) is 48.0 Å². The Balaban J connectivity index is 1.14. The predicted octanol–water partition coefficient (Wildman–Crippen LogP) is 1.84. The van der Waals surface area contributed by atoms with Crippen LogP contribution < -0.4 is 0 Å². The van der Waals surface area contributed by atoms with E-state index in [-0.39, 0.29) is 11.9 Å². The molecule has 1 aliphatic carbocycles. The van der Waals surface area contributed by atoms with Gasteiger partial charge in [0.05, 0.1) is 12.1 Å². The first-order chi connectivity index (χ1) is 13.6. The van der Waals surface area contributed by atoms with Crippen LogP contribution in [-0.2, 0) is 15.1 Å². The maximum Gasteiger partial charge on any atom is 0.339 e. The minimum atomic E-state index is -0.485. The molecule has 1 aromatic rings. The van der Waals surface area contributed by atoms with Crippen molar-refractivity contribution in [2.75, 3.05) is 45.8 Å². The molecule has 0 aromatic heterocycles. The summed E-state index contributed by atoms with van der Waals surface area (Å²) < 4.78 is 5.81. The summed E-state index contributed by atoms with van der Waals surface area (Å²) in [5.74, 6) is 0.0393. The van der Waals surface area contributed by atoms with Gasteiger partial charge in [0.15, 0.2) is 0 Å². The number of carbonyl (C=O) groups is 2. The Kier molecular flexibility index (Phi) is 4.63. The number of piperidine rings is 1. The van der Waals surface area contributed by atoms with Gasteiger partial charge in [-0.3, -0.25) is 14.6 Å². The topological polar surface area (TPSA) is 53.1 Å². The van der Waals surface area contributed by atoms with Crippen LogP contribution >= 0.6 is 0 Å². The Morgan fingerprint density at radius 3 is 2.43 bits per heavy atom. The molecule has 0 atom stereocenters. The number of esters is 1. The zero-order chi connectivity index (χ0) is 19.1. The number of hydrogen-bond acceptors (Lipinski definition) is 5. The number of amides is 1. The van der Waals surface area contributed by atoms with Crippen LogP contribution in [0.2, 0.25) is 0 Å². The summed E-state index contributed by atoms with van der Waals surface area (Å²) in [6.45, 7) is 5.81. The standard InChI is InChI=1S/C22H29N3O3/c26-20(25-14-12-24(13-15-25)17-4-3-5-17)16-23-10-8-22(9-11-23)19-7-2-1-6-18(19)21(27)28-22/h1-2,6-7,17H,3-5,8-16H2. The van der Waals surface area contributed by atoms with Crippen molar-refractivity contribution in [3.8, 4) is 0 Å². The molecule has 0 unspecified atom stereocenters. The molecule has 1 spiro atoms. The number of likely N-dealkylation sites (tertiary alicyclic amines) is 1. The lowest BCUT2D eigenvalue weighted by molar-refractivity contribution is -0.136. The van der Waals surface area contributed by atoms with Crippen molar-refractivity contribution in [1.82, 2.24) is 14.7 Å². The summed E-state index contributed by atoms with van der Waals surface area (Å²) in [6, 6.07) is 8.50. The van der Waals surface area contributed by atoms with E-state index in [9.17, 15) is 9.59 Å². The van der Waals surface area contributed by atoms with Crippen molar-refractivity contribution in [1.29, 1.82) is 0 Å². The van der Waals surface area contributed by atoms with Crippen LogP contribution in [0.4, 0.5) is 0 Å². The highest BCUT2D eigenvalue weighted by molar-refractivity contribution is 5.94. The molecule has 1 saturated carbocycles. The van der Waals surface area contributed by atoms with Crippen molar-refractivity contribution in [2.45, 2.75) is 43.7 Å². The molecule has 28 heavy (non-hydrogen) atoms. The Morgan fingerprint density at radius 2 is 1.75 bits per heavy atom. The van der Waals surface area contributed by atoms with Crippen molar-refractivity contribution in [3.05, 3.63) is 35.4 Å². The molecule has 0 bridgehead atoms. The van der Waals surface area contributed by atoms with E-state index in [0.29, 0.717) is 12.1 Å². The summed E-state index contributed by atoms with van der Waals surface area (Å²) in [6.07, 6.45) is 5.55. The molecule has 150 valence electrons. The number of hydrogen-bond donors (Lipinski definition) is 0. The van der Waals surface area contributed by atoms with Gasteiger partial charge in [-0.15, -0.1) is 0 Å². The molecule has 1 aromatic carbocycles. The van der Waals surface area contributed by atoms with E-state index < -0.39 is 5.60 Å². The van der Waals surface area contributed by atoms with Crippen LogP contribution in [0.3, 0.4) is 0 Å². The van der Waals surface area contributed by atoms with Crippen LogP contribution in [0.15, 0.2) is 24.3 Å². The Hall–Kier alpha value is -1.92. The maximum atomic E-state index is 12.8. The summed E-state index contributed by atoms with van der Waals surface area (Å²) in [5.41, 5.74) is 1.25. The van der Waals surface area contributed by atoms with Gasteiger partial charge >= 0.3 is 5.97 Å². The number of rotatable bonds is 3. The first-order valence-corrected chi connectivity index (χ1v) is 10.7. The summed E-state index contributed by atoms with van der Waals surface area (Å²) >= 11 is 0. The average molecular weight is 383 g/mol. The molecule has 3 fully saturated rings. The van der Waals surface area contributed by atoms with Gasteiger partial charge in [-0.25, -0.2) is 4.79 Å². The first kappa shape index (κ1) is 18.1. The van der Waals surface area contributed by atoms with Crippen molar-refractivity contribution in [2.24, 2.45) is 0 Å². The Morgan fingerprint density at radius 1 is 1.04 bits per heavy atom. The molecule has 1 amide bonds. The summed E-state index contributed by atoms with van der Waals surface area (Å²) in [5, 5.41) is 0. The highest BCUT2D eigenvalue weighted by Gasteiger charge is 2.47. The van der Waals surface area contributed by atoms with Gasteiger partial charge in [0.1, 0.15) is 5.60 Å². The molecule has 6 heteroatoms. The molecule has 2 saturated heterocycles. The molecule has 3 aliphatic heterocycles. The molecular formula is C22H29N3O3. The molecule has 6 nitrogen and oxygen atoms in total. The van der Waals surface area contributed by atoms with E-state index in [2.05, 4.69) is 9.80 Å². The number of piperazine rings is 1. The van der Waals surface area contributed by atoms with Gasteiger partial charge in [0, 0.05) is 63.7 Å². The summed E-state index contributed by atoms with van der Waals surface area (Å²) in [4.78, 5) is 31.8. The highest BCUT2D eigenvalue weighted by Crippen LogP contribution is 2.43. The van der Waals surface area contributed by atoms with E-state index >= 15 is 0 Å². The van der Waals surface area contributed by atoms with E-state index in [1.165, 1.54) is 19.3 Å². The van der Waals surface area contributed by atoms with Crippen molar-refractivity contribution < 1.29 is 14.3 Å². The van der Waals surface area contributed by atoms with Gasteiger partial charge in [0.25, 0.3) is 0 Å². The van der Waals surface area contributed by atoms with Crippen LogP contribution in [0.25, 0.3) is 0 Å². The zero-order valence-corrected chi connectivity index (χ0v) is 16.4. The molecule has 5 rings (SSSR count). The zero-order valence-electron chi connectivity index (χ0n) is 16.4. The van der Waals surface area contributed by atoms with Gasteiger partial charge in [0.2, 0.25) is 5.91 Å². The maximum absolute atomic E-state index is 12.8. The largest absolute Gasteiger partial charge is 0.450 e. The fraction of sp³-hybridized carbons (Fsp3) is 0.636. The van der Waals surface area contributed by atoms with E-state index in [0.717, 1.165) is 63.7 Å². The molecule has 0 radical (unpaired) electrons. The third-order valence-electron chi connectivity index (χ3n) is 7.21. The van der Waals surface area contributed by atoms with Gasteiger partial charge in [-0.1, -0.05) is 24.6 Å². The molecular weight excluding hydrogens is 354 g/mol.